The topological polar surface area (TPSA) is 75.7 Å². The van der Waals surface area contributed by atoms with Gasteiger partial charge in [-0.15, -0.1) is 0 Å². The third-order valence-electron chi connectivity index (χ3n) is 4.48. The first kappa shape index (κ1) is 23.2. The van der Waals surface area contributed by atoms with Crippen molar-refractivity contribution >= 4 is 27.5 Å². The van der Waals surface area contributed by atoms with Crippen molar-refractivity contribution in [1.29, 1.82) is 0 Å². The van der Waals surface area contributed by atoms with Crippen LogP contribution in [0.5, 0.6) is 5.75 Å². The highest BCUT2D eigenvalue weighted by atomic mass is 35.5. The monoisotopic (exact) mass is 438 g/mol. The van der Waals surface area contributed by atoms with E-state index in [-0.39, 0.29) is 25.7 Å². The number of ether oxygens (including phenoxy) is 1. The fraction of sp³-hybridized carbons (Fsp3) is 0.381. The van der Waals surface area contributed by atoms with Crippen molar-refractivity contribution in [3.05, 3.63) is 64.2 Å². The van der Waals surface area contributed by atoms with Crippen molar-refractivity contribution < 1.29 is 17.9 Å². The lowest BCUT2D eigenvalue weighted by atomic mass is 10.1. The first-order valence-corrected chi connectivity index (χ1v) is 11.5. The SMILES string of the molecule is Cc1ccc(OC[C@H](C)NC(=O)CN(Cc2ccccc2Cl)S(C)(=O)=O)cc1C. The van der Waals surface area contributed by atoms with Gasteiger partial charge >= 0.3 is 0 Å². The molecule has 158 valence electrons. The number of halogens is 1. The number of sulfonamides is 1. The maximum atomic E-state index is 12.4. The molecule has 2 rings (SSSR count). The lowest BCUT2D eigenvalue weighted by Crippen LogP contribution is -2.44. The average Bonchev–Trinajstić information content (AvgIpc) is 2.63. The van der Waals surface area contributed by atoms with E-state index in [2.05, 4.69) is 5.32 Å². The van der Waals surface area contributed by atoms with Crippen LogP contribution in [0.4, 0.5) is 0 Å². The number of rotatable bonds is 9. The molecule has 1 amide bonds. The lowest BCUT2D eigenvalue weighted by molar-refractivity contribution is -0.122. The summed E-state index contributed by atoms with van der Waals surface area (Å²) in [6.45, 7) is 5.84. The normalized spacial score (nSPS) is 12.6. The molecule has 1 N–H and O–H groups in total. The summed E-state index contributed by atoms with van der Waals surface area (Å²) in [7, 11) is -3.59. The molecular formula is C21H27ClN2O4S. The first-order valence-electron chi connectivity index (χ1n) is 9.24. The number of hydrogen-bond donors (Lipinski definition) is 1. The van der Waals surface area contributed by atoms with Gasteiger partial charge in [0.25, 0.3) is 0 Å². The molecule has 6 nitrogen and oxygen atoms in total. The number of amides is 1. The Labute approximate surface area is 177 Å². The Bertz CT molecular complexity index is 963. The van der Waals surface area contributed by atoms with E-state index in [1.54, 1.807) is 31.2 Å². The Kier molecular flexibility index (Phi) is 8.07. The van der Waals surface area contributed by atoms with Gasteiger partial charge in [-0.25, -0.2) is 8.42 Å². The van der Waals surface area contributed by atoms with Gasteiger partial charge in [-0.05, 0) is 55.7 Å². The van der Waals surface area contributed by atoms with Crippen molar-refractivity contribution in [2.75, 3.05) is 19.4 Å². The van der Waals surface area contributed by atoms with Crippen LogP contribution in [0.15, 0.2) is 42.5 Å². The number of hydrogen-bond acceptors (Lipinski definition) is 4. The molecule has 0 aromatic heterocycles. The largest absolute Gasteiger partial charge is 0.491 e. The molecule has 0 fully saturated rings. The number of nitrogens with zero attached hydrogens (tertiary/aromatic N) is 1. The minimum atomic E-state index is -3.59. The number of nitrogens with one attached hydrogen (secondary N) is 1. The summed E-state index contributed by atoms with van der Waals surface area (Å²) in [5.41, 5.74) is 2.94. The van der Waals surface area contributed by atoms with Gasteiger partial charge in [-0.3, -0.25) is 4.79 Å². The molecular weight excluding hydrogens is 412 g/mol. The summed E-state index contributed by atoms with van der Waals surface area (Å²) in [6.07, 6.45) is 1.07. The van der Waals surface area contributed by atoms with E-state index in [1.807, 2.05) is 32.0 Å². The van der Waals surface area contributed by atoms with E-state index in [0.29, 0.717) is 10.6 Å². The molecule has 0 radical (unpaired) electrons. The van der Waals surface area contributed by atoms with E-state index < -0.39 is 15.9 Å². The quantitative estimate of drug-likeness (QED) is 0.651. The molecule has 0 aliphatic carbocycles. The predicted octanol–water partition coefficient (Wildman–Crippen LogP) is 3.30. The van der Waals surface area contributed by atoms with Crippen LogP contribution in [0.1, 0.15) is 23.6 Å². The number of carbonyl (C=O) groups excluding carboxylic acids is 1. The Balaban J connectivity index is 1.93. The first-order chi connectivity index (χ1) is 13.6. The zero-order valence-corrected chi connectivity index (χ0v) is 18.7. The van der Waals surface area contributed by atoms with Gasteiger partial charge in [-0.2, -0.15) is 4.31 Å². The van der Waals surface area contributed by atoms with Crippen LogP contribution in [-0.2, 0) is 21.4 Å². The smallest absolute Gasteiger partial charge is 0.235 e. The summed E-state index contributed by atoms with van der Waals surface area (Å²) >= 11 is 6.12. The maximum absolute atomic E-state index is 12.4. The van der Waals surface area contributed by atoms with Crippen LogP contribution in [0, 0.1) is 13.8 Å². The summed E-state index contributed by atoms with van der Waals surface area (Å²) in [6, 6.07) is 12.5. The maximum Gasteiger partial charge on any atom is 0.235 e. The van der Waals surface area contributed by atoms with E-state index in [1.165, 1.54) is 5.56 Å². The van der Waals surface area contributed by atoms with Crippen LogP contribution >= 0.6 is 11.6 Å². The number of carbonyl (C=O) groups is 1. The number of benzene rings is 2. The van der Waals surface area contributed by atoms with Crippen molar-refractivity contribution in [2.45, 2.75) is 33.4 Å². The lowest BCUT2D eigenvalue weighted by Gasteiger charge is -2.22. The molecule has 0 saturated carbocycles. The Morgan fingerprint density at radius 3 is 2.48 bits per heavy atom. The molecule has 0 heterocycles. The zero-order valence-electron chi connectivity index (χ0n) is 17.1. The average molecular weight is 439 g/mol. The number of aryl methyl sites for hydroxylation is 2. The highest BCUT2D eigenvalue weighted by Gasteiger charge is 2.22. The van der Waals surface area contributed by atoms with Gasteiger partial charge in [0.1, 0.15) is 12.4 Å². The van der Waals surface area contributed by atoms with Crippen molar-refractivity contribution in [3.63, 3.8) is 0 Å². The van der Waals surface area contributed by atoms with Gasteiger partial charge in [0, 0.05) is 11.6 Å². The molecule has 0 aliphatic rings. The van der Waals surface area contributed by atoms with Gasteiger partial charge in [0.05, 0.1) is 18.8 Å². The summed E-state index contributed by atoms with van der Waals surface area (Å²) in [5, 5.41) is 3.23. The van der Waals surface area contributed by atoms with Gasteiger partial charge in [-0.1, -0.05) is 35.9 Å². The molecule has 0 unspecified atom stereocenters. The van der Waals surface area contributed by atoms with Crippen LogP contribution in [0.2, 0.25) is 5.02 Å². The van der Waals surface area contributed by atoms with E-state index in [0.717, 1.165) is 21.9 Å². The van der Waals surface area contributed by atoms with Crippen LogP contribution in [-0.4, -0.2) is 44.1 Å². The van der Waals surface area contributed by atoms with E-state index >= 15 is 0 Å². The molecule has 29 heavy (non-hydrogen) atoms. The second kappa shape index (κ2) is 10.1. The van der Waals surface area contributed by atoms with Crippen LogP contribution < -0.4 is 10.1 Å². The van der Waals surface area contributed by atoms with Crippen molar-refractivity contribution in [1.82, 2.24) is 9.62 Å². The minimum Gasteiger partial charge on any atom is -0.491 e. The summed E-state index contributed by atoms with van der Waals surface area (Å²) < 4.78 is 31.1. The highest BCUT2D eigenvalue weighted by molar-refractivity contribution is 7.88. The van der Waals surface area contributed by atoms with Crippen molar-refractivity contribution in [3.8, 4) is 5.75 Å². The van der Waals surface area contributed by atoms with Gasteiger partial charge < -0.3 is 10.1 Å². The third-order valence-corrected chi connectivity index (χ3v) is 6.04. The van der Waals surface area contributed by atoms with Gasteiger partial charge in [0.2, 0.25) is 15.9 Å². The molecule has 0 aliphatic heterocycles. The van der Waals surface area contributed by atoms with Gasteiger partial charge in [0.15, 0.2) is 0 Å². The van der Waals surface area contributed by atoms with E-state index in [9.17, 15) is 13.2 Å². The van der Waals surface area contributed by atoms with Crippen molar-refractivity contribution in [2.24, 2.45) is 0 Å². The predicted molar refractivity (Wildman–Crippen MR) is 116 cm³/mol. The summed E-state index contributed by atoms with van der Waals surface area (Å²) in [5.74, 6) is 0.323. The fourth-order valence-corrected chi connectivity index (χ4v) is 3.58. The third kappa shape index (κ3) is 7.34. The molecule has 0 bridgehead atoms. The van der Waals surface area contributed by atoms with Crippen LogP contribution in [0.25, 0.3) is 0 Å². The second-order valence-electron chi connectivity index (χ2n) is 7.15. The standard InChI is InChI=1S/C21H27ClN2O4S/c1-15-9-10-19(11-16(15)2)28-14-17(3)23-21(25)13-24(29(4,26)27)12-18-7-5-6-8-20(18)22/h5-11,17H,12-14H2,1-4H3,(H,23,25)/t17-/m0/s1. The van der Waals surface area contributed by atoms with E-state index in [4.69, 9.17) is 16.3 Å². The molecule has 2 aromatic carbocycles. The van der Waals surface area contributed by atoms with Crippen LogP contribution in [0.3, 0.4) is 0 Å². The molecule has 0 spiro atoms. The second-order valence-corrected chi connectivity index (χ2v) is 9.54. The Morgan fingerprint density at radius 2 is 1.86 bits per heavy atom. The highest BCUT2D eigenvalue weighted by Crippen LogP contribution is 2.18. The Hall–Kier alpha value is -2.09. The fourth-order valence-electron chi connectivity index (χ4n) is 2.65. The molecule has 1 atom stereocenters. The minimum absolute atomic E-state index is 0.0272. The summed E-state index contributed by atoms with van der Waals surface area (Å²) in [4.78, 5) is 12.4. The molecule has 8 heteroatoms. The zero-order chi connectivity index (χ0) is 21.6. The molecule has 2 aromatic rings. The Morgan fingerprint density at radius 1 is 1.17 bits per heavy atom. The molecule has 0 saturated heterocycles.